The second kappa shape index (κ2) is 7.45. The third-order valence-corrected chi connectivity index (χ3v) is 7.00. The molecule has 0 aromatic heterocycles. The SMILES string of the molecule is N=c1cc2oc3c4c5c(cc3c(-c3ccccc3C(=O)O)c-2cc1C(=O)O)CCCN5CCC4. The van der Waals surface area contributed by atoms with Crippen LogP contribution in [0.5, 0.6) is 0 Å². The average Bonchev–Trinajstić information content (AvgIpc) is 2.83. The number of fused-ring (bicyclic) bond motifs is 3. The van der Waals surface area contributed by atoms with Gasteiger partial charge in [0, 0.05) is 46.9 Å². The molecule has 0 saturated carbocycles. The predicted molar refractivity (Wildman–Crippen MR) is 127 cm³/mol. The van der Waals surface area contributed by atoms with E-state index in [0.717, 1.165) is 49.7 Å². The summed E-state index contributed by atoms with van der Waals surface area (Å²) in [7, 11) is 0. The van der Waals surface area contributed by atoms with Crippen molar-refractivity contribution in [1.82, 2.24) is 0 Å². The number of rotatable bonds is 3. The van der Waals surface area contributed by atoms with Crippen molar-refractivity contribution in [3.05, 3.63) is 70.1 Å². The maximum atomic E-state index is 12.2. The second-order valence-corrected chi connectivity index (χ2v) is 8.96. The van der Waals surface area contributed by atoms with Crippen LogP contribution in [0.1, 0.15) is 44.7 Å². The van der Waals surface area contributed by atoms with Crippen molar-refractivity contribution in [1.29, 1.82) is 5.41 Å². The number of carboxylic acids is 2. The summed E-state index contributed by atoms with van der Waals surface area (Å²) >= 11 is 0. The molecule has 0 unspecified atom stereocenters. The van der Waals surface area contributed by atoms with E-state index in [0.29, 0.717) is 28.0 Å². The van der Waals surface area contributed by atoms with E-state index >= 15 is 0 Å². The van der Waals surface area contributed by atoms with Gasteiger partial charge in [-0.3, -0.25) is 5.41 Å². The Balaban J connectivity index is 1.83. The van der Waals surface area contributed by atoms with Gasteiger partial charge in [-0.15, -0.1) is 0 Å². The number of hydrogen-bond acceptors (Lipinski definition) is 5. The summed E-state index contributed by atoms with van der Waals surface area (Å²) < 4.78 is 6.41. The molecule has 170 valence electrons. The molecular formula is C27H22N2O5. The van der Waals surface area contributed by atoms with Gasteiger partial charge in [-0.05, 0) is 55.0 Å². The van der Waals surface area contributed by atoms with Gasteiger partial charge < -0.3 is 19.5 Å². The topological polar surface area (TPSA) is 115 Å². The lowest BCUT2D eigenvalue weighted by molar-refractivity contribution is 0.0685. The van der Waals surface area contributed by atoms with Crippen LogP contribution in [0.15, 0.2) is 46.9 Å². The lowest BCUT2D eigenvalue weighted by Crippen LogP contribution is -2.34. The summed E-state index contributed by atoms with van der Waals surface area (Å²) in [6.07, 6.45) is 3.84. The minimum absolute atomic E-state index is 0.135. The van der Waals surface area contributed by atoms with Crippen molar-refractivity contribution in [2.75, 3.05) is 18.0 Å². The molecule has 2 aromatic rings. The van der Waals surface area contributed by atoms with Crippen LogP contribution in [0.3, 0.4) is 0 Å². The first-order valence-electron chi connectivity index (χ1n) is 11.4. The lowest BCUT2D eigenvalue weighted by atomic mass is 9.85. The second-order valence-electron chi connectivity index (χ2n) is 8.96. The van der Waals surface area contributed by atoms with Crippen LogP contribution in [0.4, 0.5) is 5.69 Å². The van der Waals surface area contributed by atoms with Gasteiger partial charge in [-0.2, -0.15) is 0 Å². The molecule has 4 aliphatic rings. The van der Waals surface area contributed by atoms with Crippen molar-refractivity contribution >= 4 is 28.6 Å². The molecule has 0 bridgehead atoms. The first-order chi connectivity index (χ1) is 16.4. The highest BCUT2D eigenvalue weighted by Crippen LogP contribution is 2.47. The number of aryl methyl sites for hydroxylation is 2. The number of anilines is 1. The molecule has 7 heteroatoms. The molecule has 7 nitrogen and oxygen atoms in total. The Kier molecular flexibility index (Phi) is 4.49. The van der Waals surface area contributed by atoms with Gasteiger partial charge in [0.25, 0.3) is 0 Å². The lowest BCUT2D eigenvalue weighted by Gasteiger charge is -2.37. The summed E-state index contributed by atoms with van der Waals surface area (Å²) in [5.41, 5.74) is 5.86. The quantitative estimate of drug-likeness (QED) is 0.384. The highest BCUT2D eigenvalue weighted by atomic mass is 16.4. The van der Waals surface area contributed by atoms with Crippen LogP contribution in [0, 0.1) is 5.41 Å². The monoisotopic (exact) mass is 454 g/mol. The highest BCUT2D eigenvalue weighted by molar-refractivity contribution is 6.10. The van der Waals surface area contributed by atoms with Crippen LogP contribution < -0.4 is 10.3 Å². The van der Waals surface area contributed by atoms with Crippen molar-refractivity contribution < 1.29 is 24.2 Å². The molecule has 3 heterocycles. The number of nitrogens with one attached hydrogen (secondary N) is 1. The zero-order chi connectivity index (χ0) is 23.6. The van der Waals surface area contributed by atoms with Crippen LogP contribution >= 0.6 is 0 Å². The molecule has 34 heavy (non-hydrogen) atoms. The fourth-order valence-electron chi connectivity index (χ4n) is 5.60. The van der Waals surface area contributed by atoms with E-state index in [1.54, 1.807) is 24.3 Å². The van der Waals surface area contributed by atoms with Crippen LogP contribution in [-0.2, 0) is 12.8 Å². The predicted octanol–water partition coefficient (Wildman–Crippen LogP) is 4.78. The van der Waals surface area contributed by atoms with E-state index in [2.05, 4.69) is 11.0 Å². The molecule has 0 radical (unpaired) electrons. The molecule has 0 spiro atoms. The first-order valence-corrected chi connectivity index (χ1v) is 11.4. The number of aromatic carboxylic acids is 2. The molecule has 1 aliphatic carbocycles. The van der Waals surface area contributed by atoms with E-state index in [1.807, 2.05) is 0 Å². The van der Waals surface area contributed by atoms with E-state index in [4.69, 9.17) is 9.83 Å². The Morgan fingerprint density at radius 3 is 2.41 bits per heavy atom. The highest BCUT2D eigenvalue weighted by Gasteiger charge is 2.30. The Bertz CT molecular complexity index is 1550. The standard InChI is InChI=1S/C27H22N2O5/c28-21-13-22-19(12-18(21)27(32)33)23(15-6-1-2-7-16(15)26(30)31)20-11-14-5-3-9-29-10-4-8-17(24(14)29)25(20)34-22/h1-2,6-7,11-13,28H,3-5,8-10H2,(H,30,31)(H,32,33). The van der Waals surface area contributed by atoms with Gasteiger partial charge >= 0.3 is 11.9 Å². The molecule has 0 amide bonds. The summed E-state index contributed by atoms with van der Waals surface area (Å²) in [5, 5.41) is 28.5. The molecule has 3 aliphatic heterocycles. The largest absolute Gasteiger partial charge is 0.478 e. The minimum Gasteiger partial charge on any atom is -0.478 e. The summed E-state index contributed by atoms with van der Waals surface area (Å²) in [4.78, 5) is 26.4. The normalized spacial score (nSPS) is 14.9. The summed E-state index contributed by atoms with van der Waals surface area (Å²) in [5.74, 6) is -1.89. The number of nitrogens with zero attached hydrogens (tertiary/aromatic N) is 1. The third kappa shape index (κ3) is 2.93. The summed E-state index contributed by atoms with van der Waals surface area (Å²) in [6.45, 7) is 2.01. The van der Waals surface area contributed by atoms with E-state index < -0.39 is 11.9 Å². The molecular weight excluding hydrogens is 432 g/mol. The first kappa shape index (κ1) is 20.5. The van der Waals surface area contributed by atoms with Crippen molar-refractivity contribution in [3.8, 4) is 22.5 Å². The zero-order valence-corrected chi connectivity index (χ0v) is 18.4. The number of carbonyl (C=O) groups is 2. The maximum Gasteiger partial charge on any atom is 0.337 e. The fraction of sp³-hybridized carbons (Fsp3) is 0.222. The van der Waals surface area contributed by atoms with Crippen molar-refractivity contribution in [2.24, 2.45) is 0 Å². The Hall–Kier alpha value is -4.13. The van der Waals surface area contributed by atoms with E-state index in [-0.39, 0.29) is 16.5 Å². The van der Waals surface area contributed by atoms with Crippen LogP contribution in [0.2, 0.25) is 0 Å². The fourth-order valence-corrected chi connectivity index (χ4v) is 5.60. The van der Waals surface area contributed by atoms with Gasteiger partial charge in [0.1, 0.15) is 11.3 Å². The Morgan fingerprint density at radius 1 is 0.912 bits per heavy atom. The number of carboxylic acid groups (broad SMARTS) is 2. The molecule has 0 atom stereocenters. The Labute approximate surface area is 194 Å². The van der Waals surface area contributed by atoms with Gasteiger partial charge in [0.05, 0.1) is 16.5 Å². The minimum atomic E-state index is -1.21. The van der Waals surface area contributed by atoms with Crippen LogP contribution in [-0.4, -0.2) is 35.2 Å². The van der Waals surface area contributed by atoms with Gasteiger partial charge in [0.15, 0.2) is 0 Å². The van der Waals surface area contributed by atoms with Crippen molar-refractivity contribution in [2.45, 2.75) is 25.7 Å². The van der Waals surface area contributed by atoms with E-state index in [1.165, 1.54) is 23.4 Å². The smallest absolute Gasteiger partial charge is 0.337 e. The third-order valence-electron chi connectivity index (χ3n) is 7.00. The van der Waals surface area contributed by atoms with Gasteiger partial charge in [-0.25, -0.2) is 9.59 Å². The molecule has 0 saturated heterocycles. The number of benzene rings is 3. The molecule has 2 aromatic carbocycles. The maximum absolute atomic E-state index is 12.2. The molecule has 3 N–H and O–H groups in total. The van der Waals surface area contributed by atoms with Gasteiger partial charge in [0.2, 0.25) is 0 Å². The van der Waals surface area contributed by atoms with E-state index in [9.17, 15) is 19.8 Å². The average molecular weight is 454 g/mol. The van der Waals surface area contributed by atoms with Gasteiger partial charge in [-0.1, -0.05) is 18.2 Å². The molecule has 0 fully saturated rings. The van der Waals surface area contributed by atoms with Crippen LogP contribution in [0.25, 0.3) is 33.4 Å². The molecule has 6 rings (SSSR count). The summed E-state index contributed by atoms with van der Waals surface area (Å²) in [6, 6.07) is 11.7. The Morgan fingerprint density at radius 2 is 1.65 bits per heavy atom. The van der Waals surface area contributed by atoms with Crippen molar-refractivity contribution in [3.63, 3.8) is 0 Å². The number of hydrogen-bond donors (Lipinski definition) is 3. The zero-order valence-electron chi connectivity index (χ0n) is 18.4.